The lowest BCUT2D eigenvalue weighted by atomic mass is 9.95. The molecule has 0 bridgehead atoms. The van der Waals surface area contributed by atoms with Crippen LogP contribution in [0.25, 0.3) is 0 Å². The van der Waals surface area contributed by atoms with Crippen LogP contribution < -0.4 is 11.1 Å². The Hall–Kier alpha value is -2.10. The highest BCUT2D eigenvalue weighted by atomic mass is 16.5. The molecule has 426 valence electrons. The fraction of sp³-hybridized carbons (Fsp3) is 0.905. The van der Waals surface area contributed by atoms with E-state index in [0.29, 0.717) is 12.8 Å². The van der Waals surface area contributed by atoms with E-state index in [1.807, 2.05) is 6.20 Å². The van der Waals surface area contributed by atoms with Crippen LogP contribution >= 0.6 is 0 Å². The molecule has 9 nitrogen and oxygen atoms in total. The Morgan fingerprint density at radius 1 is 0.556 bits per heavy atom. The van der Waals surface area contributed by atoms with Gasteiger partial charge >= 0.3 is 11.9 Å². The number of aliphatic hydroxyl groups excluding tert-OH is 2. The van der Waals surface area contributed by atoms with Crippen LogP contribution in [0.5, 0.6) is 0 Å². The third-order valence-electron chi connectivity index (χ3n) is 14.9. The van der Waals surface area contributed by atoms with Gasteiger partial charge in [-0.1, -0.05) is 206 Å². The zero-order valence-electron chi connectivity index (χ0n) is 48.6. The van der Waals surface area contributed by atoms with E-state index in [4.69, 9.17) is 20.3 Å². The number of unbranched alkanes of at least 4 members (excludes halogenated alkanes) is 28. The van der Waals surface area contributed by atoms with Crippen LogP contribution in [0.15, 0.2) is 23.5 Å². The fourth-order valence-electron chi connectivity index (χ4n) is 10.1. The molecule has 0 amide bonds. The molecule has 9 heteroatoms. The van der Waals surface area contributed by atoms with E-state index in [2.05, 4.69) is 44.0 Å². The first-order valence-electron chi connectivity index (χ1n) is 31.4. The molecule has 0 aromatic rings. The normalized spacial score (nSPS) is 13.9. The molecule has 1 unspecified atom stereocenters. The van der Waals surface area contributed by atoms with Crippen molar-refractivity contribution in [1.82, 2.24) is 10.2 Å². The maximum absolute atomic E-state index is 13.0. The summed E-state index contributed by atoms with van der Waals surface area (Å²) in [5.74, 6) is 0.0377. The Morgan fingerprint density at radius 3 is 1.29 bits per heavy atom. The number of carbonyl (C=O) groups is 2. The van der Waals surface area contributed by atoms with Crippen molar-refractivity contribution >= 4 is 11.9 Å². The topological polar surface area (TPSA) is 134 Å². The molecule has 0 aliphatic heterocycles. The zero-order valence-corrected chi connectivity index (χ0v) is 48.6. The smallest absolute Gasteiger partial charge is 0.306 e. The van der Waals surface area contributed by atoms with E-state index in [1.165, 1.54) is 173 Å². The molecule has 0 radical (unpaired) electrons. The summed E-state index contributed by atoms with van der Waals surface area (Å²) < 4.78 is 12.2. The minimum Gasteiger partial charge on any atom is -0.462 e. The molecule has 1 aliphatic carbocycles. The summed E-state index contributed by atoms with van der Waals surface area (Å²) >= 11 is 0. The van der Waals surface area contributed by atoms with Gasteiger partial charge < -0.3 is 35.6 Å². The second-order valence-corrected chi connectivity index (χ2v) is 21.8. The molecule has 0 aromatic carbocycles. The van der Waals surface area contributed by atoms with E-state index in [1.54, 1.807) is 0 Å². The van der Waals surface area contributed by atoms with Crippen LogP contribution in [0.3, 0.4) is 0 Å². The van der Waals surface area contributed by atoms with E-state index in [-0.39, 0.29) is 30.3 Å². The van der Waals surface area contributed by atoms with Crippen LogP contribution in [0.4, 0.5) is 0 Å². The first kappa shape index (κ1) is 69.9. The average molecular weight is 1020 g/mol. The van der Waals surface area contributed by atoms with Gasteiger partial charge in [-0.05, 0) is 116 Å². The molecule has 0 fully saturated rings. The highest BCUT2D eigenvalue weighted by Gasteiger charge is 2.17. The lowest BCUT2D eigenvalue weighted by Crippen LogP contribution is -2.28. The first-order valence-corrected chi connectivity index (χ1v) is 31.4. The summed E-state index contributed by atoms with van der Waals surface area (Å²) in [5, 5.41) is 20.2. The highest BCUT2D eigenvalue weighted by molar-refractivity contribution is 5.69. The standard InChI is InChI=1S/C62H119N3O5.CH4O/c1-5-9-13-17-23-31-39-59(40-32-24-18-14-10-6-2)69-61(67)43-35-27-21-29-37-52-65(54-50-57(63)55-64-51-49-56-45-47-58(66)48-46-56)53-38-30-22-28-36-44-62(68)70-60(41-33-25-19-15-11-7-3)42-34-26-20-16-12-8-4;1-2/h45,55,58-60,64,66H,5-44,46-54,63H2,1-4H3;2H,1H3/b57-55-;. The van der Waals surface area contributed by atoms with Crippen LogP contribution in [-0.4, -0.2) is 78.7 Å². The van der Waals surface area contributed by atoms with Crippen molar-refractivity contribution in [1.29, 1.82) is 0 Å². The maximum Gasteiger partial charge on any atom is 0.306 e. The molecule has 72 heavy (non-hydrogen) atoms. The number of nitrogens with zero attached hydrogens (tertiary/aromatic N) is 1. The van der Waals surface area contributed by atoms with E-state index >= 15 is 0 Å². The molecule has 1 rings (SSSR count). The van der Waals surface area contributed by atoms with Gasteiger partial charge in [0.05, 0.1) is 6.10 Å². The summed E-state index contributed by atoms with van der Waals surface area (Å²) in [6, 6.07) is 0. The zero-order chi connectivity index (χ0) is 52.8. The third-order valence-corrected chi connectivity index (χ3v) is 14.9. The predicted octanol–water partition coefficient (Wildman–Crippen LogP) is 17.0. The Labute approximate surface area is 447 Å². The number of esters is 2. The number of hydrogen-bond acceptors (Lipinski definition) is 9. The molecule has 0 saturated carbocycles. The van der Waals surface area contributed by atoms with Gasteiger partial charge in [-0.15, -0.1) is 0 Å². The van der Waals surface area contributed by atoms with Crippen molar-refractivity contribution in [3.8, 4) is 0 Å². The van der Waals surface area contributed by atoms with Crippen LogP contribution in [0.1, 0.15) is 317 Å². The number of ether oxygens (including phenoxy) is 2. The molecule has 0 heterocycles. The molecule has 0 saturated heterocycles. The second kappa shape index (κ2) is 55.1. The van der Waals surface area contributed by atoms with Crippen molar-refractivity contribution in [2.24, 2.45) is 5.73 Å². The SMILES string of the molecule is CCCCCCCCC(CCCCCCCC)OC(=O)CCCCCCCN(CCCCCCCC(=O)OC(CCCCCCCC)CCCCCCCC)CC/C(N)=C/NCCC1=CCC(O)CC1.CO. The Kier molecular flexibility index (Phi) is 53.5. The van der Waals surface area contributed by atoms with Gasteiger partial charge in [0.15, 0.2) is 0 Å². The molecular weight excluding hydrogens is 895 g/mol. The Morgan fingerprint density at radius 2 is 0.917 bits per heavy atom. The Bertz CT molecular complexity index is 1130. The van der Waals surface area contributed by atoms with Crippen molar-refractivity contribution in [3.63, 3.8) is 0 Å². The monoisotopic (exact) mass is 1020 g/mol. The summed E-state index contributed by atoms with van der Waals surface area (Å²) in [6.07, 6.45) is 55.7. The van der Waals surface area contributed by atoms with Gasteiger partial charge in [-0.2, -0.15) is 0 Å². The van der Waals surface area contributed by atoms with Gasteiger partial charge in [0.25, 0.3) is 0 Å². The minimum atomic E-state index is -0.171. The number of carbonyl (C=O) groups excluding carboxylic acids is 2. The van der Waals surface area contributed by atoms with Gasteiger partial charge in [-0.25, -0.2) is 0 Å². The lowest BCUT2D eigenvalue weighted by molar-refractivity contribution is -0.151. The molecule has 1 aliphatic rings. The number of nitrogens with two attached hydrogens (primary N) is 1. The second-order valence-electron chi connectivity index (χ2n) is 21.8. The fourth-order valence-corrected chi connectivity index (χ4v) is 10.1. The summed E-state index contributed by atoms with van der Waals surface area (Å²) in [4.78, 5) is 28.5. The van der Waals surface area contributed by atoms with Gasteiger partial charge in [0.1, 0.15) is 12.2 Å². The molecule has 5 N–H and O–H groups in total. The van der Waals surface area contributed by atoms with E-state index in [0.717, 1.165) is 148 Å². The molecular formula is C63H123N3O6. The van der Waals surface area contributed by atoms with E-state index in [9.17, 15) is 14.7 Å². The third kappa shape index (κ3) is 47.6. The number of rotatable bonds is 53. The number of nitrogens with one attached hydrogen (secondary N) is 1. The van der Waals surface area contributed by atoms with Gasteiger partial charge in [-0.3, -0.25) is 9.59 Å². The predicted molar refractivity (Wildman–Crippen MR) is 309 cm³/mol. The lowest BCUT2D eigenvalue weighted by Gasteiger charge is -2.22. The van der Waals surface area contributed by atoms with Crippen LogP contribution in [0.2, 0.25) is 0 Å². The number of hydrogen-bond donors (Lipinski definition) is 4. The minimum absolute atomic E-state index is 0.0189. The van der Waals surface area contributed by atoms with Crippen LogP contribution in [-0.2, 0) is 19.1 Å². The summed E-state index contributed by atoms with van der Waals surface area (Å²) in [7, 11) is 1.00. The largest absolute Gasteiger partial charge is 0.462 e. The summed E-state index contributed by atoms with van der Waals surface area (Å²) in [5.41, 5.74) is 8.86. The number of aliphatic hydroxyl groups is 2. The molecule has 1 atom stereocenters. The average Bonchev–Trinajstić information content (AvgIpc) is 3.38. The summed E-state index contributed by atoms with van der Waals surface area (Å²) in [6.45, 7) is 13.1. The van der Waals surface area contributed by atoms with Gasteiger partial charge in [0.2, 0.25) is 0 Å². The Balaban J connectivity index is 0.0000249. The first-order chi connectivity index (χ1) is 35.3. The quantitative estimate of drug-likeness (QED) is 0.0267. The van der Waals surface area contributed by atoms with Crippen molar-refractivity contribution < 1.29 is 29.3 Å². The van der Waals surface area contributed by atoms with E-state index < -0.39 is 0 Å². The van der Waals surface area contributed by atoms with Crippen molar-refractivity contribution in [2.75, 3.05) is 33.3 Å². The highest BCUT2D eigenvalue weighted by Crippen LogP contribution is 2.22. The van der Waals surface area contributed by atoms with Crippen LogP contribution in [0, 0.1) is 0 Å². The van der Waals surface area contributed by atoms with Crippen molar-refractivity contribution in [2.45, 2.75) is 335 Å². The molecule has 0 spiro atoms. The molecule has 0 aromatic heterocycles. The van der Waals surface area contributed by atoms with Gasteiger partial charge in [0, 0.05) is 51.4 Å². The van der Waals surface area contributed by atoms with Crippen molar-refractivity contribution in [3.05, 3.63) is 23.5 Å². The maximum atomic E-state index is 13.0.